The van der Waals surface area contributed by atoms with E-state index in [1.807, 2.05) is 43.3 Å². The Balaban J connectivity index is 1.50. The van der Waals surface area contributed by atoms with E-state index < -0.39 is 0 Å². The van der Waals surface area contributed by atoms with Gasteiger partial charge in [0.2, 0.25) is 0 Å². The average molecular weight is 323 g/mol. The Bertz CT molecular complexity index is 672. The van der Waals surface area contributed by atoms with Gasteiger partial charge in [-0.05, 0) is 61.1 Å². The van der Waals surface area contributed by atoms with Crippen molar-refractivity contribution in [1.82, 2.24) is 0 Å². The van der Waals surface area contributed by atoms with Crippen molar-refractivity contribution in [3.63, 3.8) is 0 Å². The molecule has 1 N–H and O–H groups in total. The van der Waals surface area contributed by atoms with Crippen molar-refractivity contribution in [3.05, 3.63) is 59.7 Å². The van der Waals surface area contributed by atoms with Crippen LogP contribution in [-0.2, 0) is 4.79 Å². The lowest BCUT2D eigenvalue weighted by Gasteiger charge is -2.22. The van der Waals surface area contributed by atoms with Gasteiger partial charge in [-0.2, -0.15) is 0 Å². The van der Waals surface area contributed by atoms with Gasteiger partial charge < -0.3 is 10.1 Å². The van der Waals surface area contributed by atoms with Crippen LogP contribution in [0.4, 0.5) is 5.69 Å². The average Bonchev–Trinajstić information content (AvgIpc) is 2.61. The molecule has 0 saturated heterocycles. The van der Waals surface area contributed by atoms with Crippen molar-refractivity contribution < 1.29 is 9.53 Å². The van der Waals surface area contributed by atoms with Crippen molar-refractivity contribution >= 4 is 11.6 Å². The van der Waals surface area contributed by atoms with E-state index in [0.717, 1.165) is 17.0 Å². The van der Waals surface area contributed by atoms with E-state index in [-0.39, 0.29) is 12.5 Å². The summed E-state index contributed by atoms with van der Waals surface area (Å²) in [6.45, 7) is 2.02. The van der Waals surface area contributed by atoms with Gasteiger partial charge in [0.05, 0.1) is 0 Å². The summed E-state index contributed by atoms with van der Waals surface area (Å²) in [7, 11) is 0. The van der Waals surface area contributed by atoms with E-state index in [1.165, 1.54) is 37.7 Å². The number of nitrogens with one attached hydrogen (secondary N) is 1. The highest BCUT2D eigenvalue weighted by Crippen LogP contribution is 2.33. The Kier molecular flexibility index (Phi) is 5.52. The maximum Gasteiger partial charge on any atom is 0.262 e. The number of anilines is 1. The molecule has 2 aromatic carbocycles. The molecule has 0 unspecified atom stereocenters. The highest BCUT2D eigenvalue weighted by atomic mass is 16.5. The van der Waals surface area contributed by atoms with Gasteiger partial charge in [-0.3, -0.25) is 4.79 Å². The van der Waals surface area contributed by atoms with Crippen molar-refractivity contribution in [2.45, 2.75) is 44.9 Å². The Morgan fingerprint density at radius 2 is 1.83 bits per heavy atom. The number of ether oxygens (including phenoxy) is 1. The summed E-state index contributed by atoms with van der Waals surface area (Å²) in [5, 5.41) is 2.85. The standard InChI is InChI=1S/C21H25NO2/c1-16-6-5-9-19(14-16)22-21(23)15-24-20-12-10-18(11-13-20)17-7-3-2-4-8-17/h5-6,9-14,17H,2-4,7-8,15H2,1H3,(H,22,23). The predicted octanol–water partition coefficient (Wildman–Crippen LogP) is 5.06. The van der Waals surface area contributed by atoms with E-state index in [0.29, 0.717) is 5.92 Å². The number of benzene rings is 2. The molecule has 0 atom stereocenters. The zero-order valence-electron chi connectivity index (χ0n) is 14.3. The van der Waals surface area contributed by atoms with Crippen molar-refractivity contribution in [3.8, 4) is 5.75 Å². The molecule has 1 amide bonds. The molecule has 0 bridgehead atoms. The summed E-state index contributed by atoms with van der Waals surface area (Å²) in [6, 6.07) is 16.0. The first-order valence-electron chi connectivity index (χ1n) is 8.80. The van der Waals surface area contributed by atoms with Gasteiger partial charge >= 0.3 is 0 Å². The van der Waals surface area contributed by atoms with Crippen LogP contribution in [0.15, 0.2) is 48.5 Å². The molecule has 1 aliphatic rings. The lowest BCUT2D eigenvalue weighted by Crippen LogP contribution is -2.20. The molecule has 0 spiro atoms. The molecule has 1 fully saturated rings. The molecule has 126 valence electrons. The summed E-state index contributed by atoms with van der Waals surface area (Å²) in [5.74, 6) is 1.29. The van der Waals surface area contributed by atoms with Crippen LogP contribution in [-0.4, -0.2) is 12.5 Å². The summed E-state index contributed by atoms with van der Waals surface area (Å²) in [6.07, 6.45) is 6.62. The fourth-order valence-corrected chi connectivity index (χ4v) is 3.34. The first-order chi connectivity index (χ1) is 11.7. The van der Waals surface area contributed by atoms with Crippen molar-refractivity contribution in [2.75, 3.05) is 11.9 Å². The Hall–Kier alpha value is -2.29. The van der Waals surface area contributed by atoms with Gasteiger partial charge in [0.15, 0.2) is 6.61 Å². The number of rotatable bonds is 5. The number of aryl methyl sites for hydroxylation is 1. The van der Waals surface area contributed by atoms with Crippen LogP contribution in [0.2, 0.25) is 0 Å². The summed E-state index contributed by atoms with van der Waals surface area (Å²) in [5.41, 5.74) is 3.31. The monoisotopic (exact) mass is 323 g/mol. The molecule has 0 radical (unpaired) electrons. The molecule has 1 aliphatic carbocycles. The van der Waals surface area contributed by atoms with Gasteiger partial charge in [0.25, 0.3) is 5.91 Å². The van der Waals surface area contributed by atoms with Crippen LogP contribution in [0.3, 0.4) is 0 Å². The Morgan fingerprint density at radius 1 is 1.08 bits per heavy atom. The molecule has 0 aromatic heterocycles. The van der Waals surface area contributed by atoms with Crippen LogP contribution in [0, 0.1) is 6.92 Å². The zero-order chi connectivity index (χ0) is 16.8. The summed E-state index contributed by atoms with van der Waals surface area (Å²) >= 11 is 0. The smallest absolute Gasteiger partial charge is 0.262 e. The van der Waals surface area contributed by atoms with Crippen LogP contribution in [0.5, 0.6) is 5.75 Å². The van der Waals surface area contributed by atoms with Crippen LogP contribution < -0.4 is 10.1 Å². The van der Waals surface area contributed by atoms with Crippen LogP contribution in [0.1, 0.15) is 49.1 Å². The largest absolute Gasteiger partial charge is 0.484 e. The SMILES string of the molecule is Cc1cccc(NC(=O)COc2ccc(C3CCCCC3)cc2)c1. The van der Waals surface area contributed by atoms with Gasteiger partial charge in [0.1, 0.15) is 5.75 Å². The quantitative estimate of drug-likeness (QED) is 0.835. The van der Waals surface area contributed by atoms with Crippen molar-refractivity contribution in [1.29, 1.82) is 0 Å². The number of hydrogen-bond acceptors (Lipinski definition) is 2. The zero-order valence-corrected chi connectivity index (χ0v) is 14.3. The second-order valence-corrected chi connectivity index (χ2v) is 6.61. The fourth-order valence-electron chi connectivity index (χ4n) is 3.34. The number of amides is 1. The normalized spacial score (nSPS) is 15.0. The lowest BCUT2D eigenvalue weighted by molar-refractivity contribution is -0.118. The first kappa shape index (κ1) is 16.6. The molecule has 3 rings (SSSR count). The minimum atomic E-state index is -0.142. The van der Waals surface area contributed by atoms with E-state index >= 15 is 0 Å². The second-order valence-electron chi connectivity index (χ2n) is 6.61. The molecule has 24 heavy (non-hydrogen) atoms. The van der Waals surface area contributed by atoms with E-state index in [9.17, 15) is 4.79 Å². The van der Waals surface area contributed by atoms with E-state index in [4.69, 9.17) is 4.74 Å². The molecular weight excluding hydrogens is 298 g/mol. The highest BCUT2D eigenvalue weighted by Gasteiger charge is 2.15. The number of carbonyl (C=O) groups excluding carboxylic acids is 1. The Labute approximate surface area is 144 Å². The van der Waals surface area contributed by atoms with Gasteiger partial charge in [-0.1, -0.05) is 43.5 Å². The van der Waals surface area contributed by atoms with Gasteiger partial charge in [-0.25, -0.2) is 0 Å². The maximum absolute atomic E-state index is 12.0. The minimum absolute atomic E-state index is 0.0245. The topological polar surface area (TPSA) is 38.3 Å². The molecule has 0 aliphatic heterocycles. The summed E-state index contributed by atoms with van der Waals surface area (Å²) < 4.78 is 5.60. The maximum atomic E-state index is 12.0. The highest BCUT2D eigenvalue weighted by molar-refractivity contribution is 5.91. The second kappa shape index (κ2) is 8.00. The van der Waals surface area contributed by atoms with Crippen LogP contribution >= 0.6 is 0 Å². The third kappa shape index (κ3) is 4.60. The van der Waals surface area contributed by atoms with E-state index in [2.05, 4.69) is 17.4 Å². The lowest BCUT2D eigenvalue weighted by atomic mass is 9.84. The Morgan fingerprint density at radius 3 is 2.54 bits per heavy atom. The molecule has 3 nitrogen and oxygen atoms in total. The van der Waals surface area contributed by atoms with Gasteiger partial charge in [0, 0.05) is 5.69 Å². The molecular formula is C21H25NO2. The fraction of sp³-hybridized carbons (Fsp3) is 0.381. The van der Waals surface area contributed by atoms with Gasteiger partial charge in [-0.15, -0.1) is 0 Å². The van der Waals surface area contributed by atoms with Crippen LogP contribution in [0.25, 0.3) is 0 Å². The minimum Gasteiger partial charge on any atom is -0.484 e. The third-order valence-electron chi connectivity index (χ3n) is 4.63. The third-order valence-corrected chi connectivity index (χ3v) is 4.63. The van der Waals surface area contributed by atoms with E-state index in [1.54, 1.807) is 0 Å². The number of hydrogen-bond donors (Lipinski definition) is 1. The predicted molar refractivity (Wildman–Crippen MR) is 97.6 cm³/mol. The number of carbonyl (C=O) groups is 1. The summed E-state index contributed by atoms with van der Waals surface area (Å²) in [4.78, 5) is 12.0. The molecule has 1 saturated carbocycles. The first-order valence-corrected chi connectivity index (χ1v) is 8.80. The molecule has 0 heterocycles. The molecule has 3 heteroatoms. The molecule has 2 aromatic rings. The van der Waals surface area contributed by atoms with Crippen molar-refractivity contribution in [2.24, 2.45) is 0 Å².